The monoisotopic (exact) mass is 420 g/mol. The van der Waals surface area contributed by atoms with E-state index in [0.717, 1.165) is 12.2 Å². The van der Waals surface area contributed by atoms with Gasteiger partial charge in [-0.3, -0.25) is 9.36 Å². The third kappa shape index (κ3) is 5.08. The largest absolute Gasteiger partial charge is 0.385 e. The van der Waals surface area contributed by atoms with Crippen molar-refractivity contribution in [2.24, 2.45) is 0 Å². The molecule has 27 heavy (non-hydrogen) atoms. The predicted molar refractivity (Wildman–Crippen MR) is 115 cm³/mol. The van der Waals surface area contributed by atoms with Crippen LogP contribution in [0.25, 0.3) is 10.9 Å². The average molecular weight is 421 g/mol. The molecule has 2 aromatic carbocycles. The second kappa shape index (κ2) is 9.64. The van der Waals surface area contributed by atoms with E-state index in [2.05, 4.69) is 30.5 Å². The maximum absolute atomic E-state index is 13.0. The zero-order valence-corrected chi connectivity index (χ0v) is 17.7. The lowest BCUT2D eigenvalue weighted by molar-refractivity contribution is 0.189. The van der Waals surface area contributed by atoms with E-state index in [1.165, 1.54) is 10.5 Å². The van der Waals surface area contributed by atoms with Crippen LogP contribution in [-0.4, -0.2) is 29.5 Å². The number of nitrogens with zero attached hydrogens (tertiary/aromatic N) is 2. The summed E-state index contributed by atoms with van der Waals surface area (Å²) in [7, 11) is 1.66. The van der Waals surface area contributed by atoms with Crippen LogP contribution in [0.2, 0.25) is 5.02 Å². The molecule has 0 unspecified atom stereocenters. The number of benzene rings is 2. The van der Waals surface area contributed by atoms with Crippen LogP contribution < -0.4 is 5.56 Å². The highest BCUT2D eigenvalue weighted by atomic mass is 35.5. The molecule has 0 N–H and O–H groups in total. The molecule has 0 bridgehead atoms. The number of thioether (sulfide) groups is 2. The van der Waals surface area contributed by atoms with Crippen molar-refractivity contribution in [3.63, 3.8) is 0 Å². The highest BCUT2D eigenvalue weighted by molar-refractivity contribution is 7.98. The molecule has 142 valence electrons. The molecule has 0 saturated carbocycles. The zero-order chi connectivity index (χ0) is 19.2. The summed E-state index contributed by atoms with van der Waals surface area (Å²) in [6.07, 6.45) is 2.82. The molecule has 4 nitrogen and oxygen atoms in total. The van der Waals surface area contributed by atoms with E-state index in [9.17, 15) is 4.79 Å². The van der Waals surface area contributed by atoms with Crippen molar-refractivity contribution in [2.45, 2.75) is 28.8 Å². The van der Waals surface area contributed by atoms with Gasteiger partial charge in [0.25, 0.3) is 5.56 Å². The van der Waals surface area contributed by atoms with Crippen LogP contribution in [0.15, 0.2) is 57.3 Å². The van der Waals surface area contributed by atoms with Gasteiger partial charge in [0, 0.05) is 35.9 Å². The van der Waals surface area contributed by atoms with Gasteiger partial charge in [0.15, 0.2) is 5.16 Å². The fourth-order valence-electron chi connectivity index (χ4n) is 2.72. The topological polar surface area (TPSA) is 44.1 Å². The molecule has 0 radical (unpaired) electrons. The molecule has 0 aliphatic rings. The van der Waals surface area contributed by atoms with E-state index in [-0.39, 0.29) is 5.56 Å². The first kappa shape index (κ1) is 20.3. The number of hydrogen-bond donors (Lipinski definition) is 0. The fraction of sp³-hybridized carbons (Fsp3) is 0.300. The van der Waals surface area contributed by atoms with Crippen molar-refractivity contribution in [3.05, 3.63) is 63.4 Å². The first-order chi connectivity index (χ1) is 13.1. The molecule has 0 spiro atoms. The molecular formula is C20H21ClN2O2S2. The summed E-state index contributed by atoms with van der Waals surface area (Å²) >= 11 is 9.38. The van der Waals surface area contributed by atoms with E-state index in [1.807, 2.05) is 0 Å². The average Bonchev–Trinajstić information content (AvgIpc) is 2.68. The molecule has 3 aromatic rings. The quantitative estimate of drug-likeness (QED) is 0.288. The van der Waals surface area contributed by atoms with Crippen LogP contribution in [0.1, 0.15) is 12.0 Å². The highest BCUT2D eigenvalue weighted by Crippen LogP contribution is 2.25. The van der Waals surface area contributed by atoms with Gasteiger partial charge in [-0.15, -0.1) is 11.8 Å². The van der Waals surface area contributed by atoms with Gasteiger partial charge in [0.2, 0.25) is 0 Å². The number of halogens is 1. The lowest BCUT2D eigenvalue weighted by Gasteiger charge is -2.13. The Bertz CT molecular complexity index is 974. The van der Waals surface area contributed by atoms with Gasteiger partial charge in [-0.25, -0.2) is 4.98 Å². The minimum Gasteiger partial charge on any atom is -0.385 e. The second-order valence-corrected chi connectivity index (χ2v) is 8.25. The summed E-state index contributed by atoms with van der Waals surface area (Å²) in [6, 6.07) is 13.7. The third-order valence-corrected chi connectivity index (χ3v) is 6.17. The Labute approximate surface area is 172 Å². The normalized spacial score (nSPS) is 11.2. The van der Waals surface area contributed by atoms with Gasteiger partial charge in [0.05, 0.1) is 10.9 Å². The minimum absolute atomic E-state index is 0.0343. The maximum atomic E-state index is 13.0. The SMILES string of the molecule is COCCCn1c(SCc2ccc(SC)cc2)nc2cc(Cl)ccc2c1=O. The number of hydrogen-bond acceptors (Lipinski definition) is 5. The summed E-state index contributed by atoms with van der Waals surface area (Å²) < 4.78 is 6.88. The Kier molecular flexibility index (Phi) is 7.24. The first-order valence-corrected chi connectivity index (χ1v) is 11.2. The summed E-state index contributed by atoms with van der Waals surface area (Å²) in [4.78, 5) is 18.9. The van der Waals surface area contributed by atoms with E-state index in [0.29, 0.717) is 34.2 Å². The summed E-state index contributed by atoms with van der Waals surface area (Å²) in [6.45, 7) is 1.18. The predicted octanol–water partition coefficient (Wildman–Crippen LogP) is 5.10. The Morgan fingerprint density at radius 1 is 1.19 bits per heavy atom. The van der Waals surface area contributed by atoms with Crippen LogP contribution in [0, 0.1) is 0 Å². The number of rotatable bonds is 8. The van der Waals surface area contributed by atoms with Crippen LogP contribution in [-0.2, 0) is 17.0 Å². The highest BCUT2D eigenvalue weighted by Gasteiger charge is 2.12. The molecule has 0 fully saturated rings. The van der Waals surface area contributed by atoms with Crippen LogP contribution in [0.3, 0.4) is 0 Å². The summed E-state index contributed by atoms with van der Waals surface area (Å²) in [5.74, 6) is 0.747. The van der Waals surface area contributed by atoms with E-state index in [4.69, 9.17) is 21.3 Å². The van der Waals surface area contributed by atoms with Crippen molar-refractivity contribution in [2.75, 3.05) is 20.0 Å². The molecule has 0 saturated heterocycles. The molecule has 0 aliphatic heterocycles. The molecular weight excluding hydrogens is 400 g/mol. The van der Waals surface area contributed by atoms with Crippen molar-refractivity contribution in [3.8, 4) is 0 Å². The molecule has 0 aliphatic carbocycles. The molecule has 7 heteroatoms. The van der Waals surface area contributed by atoms with Crippen molar-refractivity contribution >= 4 is 46.0 Å². The van der Waals surface area contributed by atoms with E-state index >= 15 is 0 Å². The molecule has 1 aromatic heterocycles. The van der Waals surface area contributed by atoms with Crippen molar-refractivity contribution in [1.29, 1.82) is 0 Å². The molecule has 3 rings (SSSR count). The van der Waals surface area contributed by atoms with Gasteiger partial charge >= 0.3 is 0 Å². The number of fused-ring (bicyclic) bond motifs is 1. The first-order valence-electron chi connectivity index (χ1n) is 8.57. The number of ether oxygens (including phenoxy) is 1. The van der Waals surface area contributed by atoms with Crippen molar-refractivity contribution < 1.29 is 4.74 Å². The molecule has 0 amide bonds. The summed E-state index contributed by atoms with van der Waals surface area (Å²) in [5, 5.41) is 1.88. The number of aromatic nitrogens is 2. The Morgan fingerprint density at radius 3 is 2.67 bits per heavy atom. The van der Waals surface area contributed by atoms with Gasteiger partial charge < -0.3 is 4.74 Å². The second-order valence-electron chi connectivity index (χ2n) is 6.00. The lowest BCUT2D eigenvalue weighted by atomic mass is 10.2. The van der Waals surface area contributed by atoms with E-state index in [1.54, 1.807) is 53.4 Å². The molecule has 1 heterocycles. The van der Waals surface area contributed by atoms with Gasteiger partial charge in [-0.2, -0.15) is 0 Å². The van der Waals surface area contributed by atoms with Crippen molar-refractivity contribution in [1.82, 2.24) is 9.55 Å². The standard InChI is InChI=1S/C20H21ClN2O2S2/c1-25-11-3-10-23-19(24)17-9-6-15(21)12-18(17)22-20(23)27-13-14-4-7-16(26-2)8-5-14/h4-9,12H,3,10-11,13H2,1-2H3. The number of methoxy groups -OCH3 is 1. The van der Waals surface area contributed by atoms with Crippen LogP contribution in [0.5, 0.6) is 0 Å². The van der Waals surface area contributed by atoms with Gasteiger partial charge in [0.1, 0.15) is 0 Å². The lowest BCUT2D eigenvalue weighted by Crippen LogP contribution is -2.24. The third-order valence-electron chi connectivity index (χ3n) is 4.14. The van der Waals surface area contributed by atoms with Gasteiger partial charge in [-0.05, 0) is 48.6 Å². The fourth-order valence-corrected chi connectivity index (χ4v) is 4.27. The van der Waals surface area contributed by atoms with E-state index < -0.39 is 0 Å². The Morgan fingerprint density at radius 2 is 1.96 bits per heavy atom. The Hall–Kier alpha value is -1.47. The maximum Gasteiger partial charge on any atom is 0.262 e. The zero-order valence-electron chi connectivity index (χ0n) is 15.3. The van der Waals surface area contributed by atoms with Gasteiger partial charge in [-0.1, -0.05) is 35.5 Å². The minimum atomic E-state index is -0.0343. The molecule has 0 atom stereocenters. The van der Waals surface area contributed by atoms with Crippen LogP contribution in [0.4, 0.5) is 0 Å². The van der Waals surface area contributed by atoms with Crippen LogP contribution >= 0.6 is 35.1 Å². The summed E-state index contributed by atoms with van der Waals surface area (Å²) in [5.41, 5.74) is 1.80. The smallest absolute Gasteiger partial charge is 0.262 e. The Balaban J connectivity index is 1.92.